The number of carbonyl (C=O) groups excluding carboxylic acids is 3. The molecule has 2 amide bonds. The van der Waals surface area contributed by atoms with Crippen LogP contribution < -0.4 is 10.2 Å². The predicted molar refractivity (Wildman–Crippen MR) is 104 cm³/mol. The van der Waals surface area contributed by atoms with E-state index in [9.17, 15) is 14.4 Å². The van der Waals surface area contributed by atoms with Crippen molar-refractivity contribution in [2.45, 2.75) is 53.2 Å². The number of amides is 2. The van der Waals surface area contributed by atoms with Crippen molar-refractivity contribution in [3.8, 4) is 0 Å². The molecule has 1 aliphatic heterocycles. The summed E-state index contributed by atoms with van der Waals surface area (Å²) in [5.74, 6) is -0.333. The summed E-state index contributed by atoms with van der Waals surface area (Å²) in [5.41, 5.74) is 0.977. The Kier molecular flexibility index (Phi) is 4.79. The van der Waals surface area contributed by atoms with Crippen LogP contribution in [0, 0.1) is 20.8 Å². The molecule has 28 heavy (non-hydrogen) atoms. The number of rotatable bonds is 3. The highest BCUT2D eigenvalue weighted by Gasteiger charge is 2.45. The number of benzene rings is 1. The van der Waals surface area contributed by atoms with Gasteiger partial charge < -0.3 is 14.5 Å². The summed E-state index contributed by atoms with van der Waals surface area (Å²) in [6, 6.07) is 7.03. The Labute approximate surface area is 163 Å². The molecular formula is C21H24N2O5. The third-order valence-corrected chi connectivity index (χ3v) is 5.13. The fourth-order valence-corrected chi connectivity index (χ4v) is 3.39. The number of carbonyl (C=O) groups is 3. The Morgan fingerprint density at radius 3 is 2.39 bits per heavy atom. The number of fused-ring (bicyclic) bond motifs is 1. The molecule has 3 rings (SSSR count). The lowest BCUT2D eigenvalue weighted by Crippen LogP contribution is -2.60. The average Bonchev–Trinajstić information content (AvgIpc) is 2.87. The van der Waals surface area contributed by atoms with Crippen molar-refractivity contribution in [3.05, 3.63) is 46.9 Å². The highest BCUT2D eigenvalue weighted by Crippen LogP contribution is 2.37. The smallest absolute Gasteiger partial charge is 0.342 e. The number of anilines is 2. The maximum Gasteiger partial charge on any atom is 0.342 e. The van der Waals surface area contributed by atoms with Crippen LogP contribution in [0.2, 0.25) is 0 Å². The molecule has 0 saturated heterocycles. The molecule has 1 aromatic heterocycles. The normalized spacial score (nSPS) is 16.2. The van der Waals surface area contributed by atoms with Crippen molar-refractivity contribution in [1.82, 2.24) is 0 Å². The van der Waals surface area contributed by atoms with E-state index in [1.165, 1.54) is 11.8 Å². The molecule has 1 N–H and O–H groups in total. The number of nitrogens with zero attached hydrogens (tertiary/aromatic N) is 1. The standard InChI is InChI=1S/C21H24N2O5/c1-11-12(2)27-13(3)17(11)19(25)28-14(4)18(24)23-16-10-8-7-9-15(16)22-20(26)21(23,5)6/h7-10,14H,1-6H3,(H,22,26)/t14-/m1/s1. The SMILES string of the molecule is Cc1oc(C)c(C(=O)O[C@H](C)C(=O)N2c3ccccc3NC(=O)C2(C)C)c1C. The molecule has 1 aliphatic rings. The van der Waals surface area contributed by atoms with Gasteiger partial charge in [-0.3, -0.25) is 14.5 Å². The van der Waals surface area contributed by atoms with Crippen LogP contribution >= 0.6 is 0 Å². The number of aryl methyl sites for hydroxylation is 2. The number of furan rings is 1. The zero-order valence-corrected chi connectivity index (χ0v) is 16.9. The van der Waals surface area contributed by atoms with Crippen molar-refractivity contribution in [3.63, 3.8) is 0 Å². The molecule has 0 saturated carbocycles. The number of para-hydroxylation sites is 2. The summed E-state index contributed by atoms with van der Waals surface area (Å²) in [4.78, 5) is 39.8. The predicted octanol–water partition coefficient (Wildman–Crippen LogP) is 3.51. The second kappa shape index (κ2) is 6.82. The van der Waals surface area contributed by atoms with E-state index in [0.29, 0.717) is 34.0 Å². The summed E-state index contributed by atoms with van der Waals surface area (Å²) >= 11 is 0. The molecule has 0 aliphatic carbocycles. The number of hydrogen-bond acceptors (Lipinski definition) is 5. The molecule has 2 heterocycles. The van der Waals surface area contributed by atoms with Gasteiger partial charge in [-0.05, 0) is 53.7 Å². The number of ether oxygens (including phenoxy) is 1. The van der Waals surface area contributed by atoms with Gasteiger partial charge in [0.2, 0.25) is 5.91 Å². The van der Waals surface area contributed by atoms with E-state index in [0.717, 1.165) is 0 Å². The first kappa shape index (κ1) is 19.7. The summed E-state index contributed by atoms with van der Waals surface area (Å²) in [6.45, 7) is 10.0. The van der Waals surface area contributed by atoms with E-state index >= 15 is 0 Å². The Balaban J connectivity index is 1.90. The third kappa shape index (κ3) is 3.06. The van der Waals surface area contributed by atoms with E-state index in [1.807, 2.05) is 0 Å². The third-order valence-electron chi connectivity index (χ3n) is 5.13. The molecule has 1 aromatic carbocycles. The van der Waals surface area contributed by atoms with Crippen LogP contribution in [0.3, 0.4) is 0 Å². The fraction of sp³-hybridized carbons (Fsp3) is 0.381. The Hall–Kier alpha value is -3.09. The Morgan fingerprint density at radius 2 is 1.79 bits per heavy atom. The van der Waals surface area contributed by atoms with E-state index in [1.54, 1.807) is 58.9 Å². The molecule has 148 valence electrons. The van der Waals surface area contributed by atoms with Crippen LogP contribution in [0.15, 0.2) is 28.7 Å². The maximum absolute atomic E-state index is 13.2. The van der Waals surface area contributed by atoms with Gasteiger partial charge in [-0.25, -0.2) is 4.79 Å². The molecule has 0 unspecified atom stereocenters. The molecule has 0 fully saturated rings. The summed E-state index contributed by atoms with van der Waals surface area (Å²) < 4.78 is 10.9. The minimum absolute atomic E-state index is 0.310. The first-order valence-corrected chi connectivity index (χ1v) is 9.07. The van der Waals surface area contributed by atoms with Crippen LogP contribution in [-0.2, 0) is 14.3 Å². The van der Waals surface area contributed by atoms with Gasteiger partial charge in [0.1, 0.15) is 22.6 Å². The van der Waals surface area contributed by atoms with Crippen LogP contribution in [0.5, 0.6) is 0 Å². The van der Waals surface area contributed by atoms with Crippen molar-refractivity contribution in [1.29, 1.82) is 0 Å². The second-order valence-electron chi connectivity index (χ2n) is 7.47. The fourth-order valence-electron chi connectivity index (χ4n) is 3.39. The van der Waals surface area contributed by atoms with Gasteiger partial charge in [-0.2, -0.15) is 0 Å². The van der Waals surface area contributed by atoms with Gasteiger partial charge in [0, 0.05) is 5.56 Å². The summed E-state index contributed by atoms with van der Waals surface area (Å²) in [6.07, 6.45) is -1.08. The minimum atomic E-state index is -1.13. The molecule has 7 nitrogen and oxygen atoms in total. The van der Waals surface area contributed by atoms with Crippen LogP contribution in [0.1, 0.15) is 48.2 Å². The van der Waals surface area contributed by atoms with E-state index in [2.05, 4.69) is 5.32 Å². The second-order valence-corrected chi connectivity index (χ2v) is 7.47. The number of hydrogen-bond donors (Lipinski definition) is 1. The van der Waals surface area contributed by atoms with Crippen molar-refractivity contribution in [2.24, 2.45) is 0 Å². The van der Waals surface area contributed by atoms with Crippen molar-refractivity contribution >= 4 is 29.2 Å². The number of nitrogens with one attached hydrogen (secondary N) is 1. The van der Waals surface area contributed by atoms with Gasteiger partial charge in [-0.1, -0.05) is 12.1 Å². The van der Waals surface area contributed by atoms with Crippen molar-refractivity contribution in [2.75, 3.05) is 10.2 Å². The van der Waals surface area contributed by atoms with E-state index in [4.69, 9.17) is 9.15 Å². The van der Waals surface area contributed by atoms with Gasteiger partial charge in [-0.15, -0.1) is 0 Å². The lowest BCUT2D eigenvalue weighted by atomic mass is 9.95. The summed E-state index contributed by atoms with van der Waals surface area (Å²) in [7, 11) is 0. The Bertz CT molecular complexity index is 973. The van der Waals surface area contributed by atoms with E-state index < -0.39 is 23.5 Å². The highest BCUT2D eigenvalue weighted by molar-refractivity contribution is 6.15. The van der Waals surface area contributed by atoms with Gasteiger partial charge in [0.05, 0.1) is 11.4 Å². The summed E-state index contributed by atoms with van der Waals surface area (Å²) in [5, 5.41) is 2.81. The zero-order valence-electron chi connectivity index (χ0n) is 16.9. The molecule has 0 bridgehead atoms. The quantitative estimate of drug-likeness (QED) is 0.818. The van der Waals surface area contributed by atoms with Gasteiger partial charge >= 0.3 is 5.97 Å². The Morgan fingerprint density at radius 1 is 1.14 bits per heavy atom. The molecule has 0 radical (unpaired) electrons. The van der Waals surface area contributed by atoms with E-state index in [-0.39, 0.29) is 5.91 Å². The van der Waals surface area contributed by atoms with Crippen molar-refractivity contribution < 1.29 is 23.5 Å². The average molecular weight is 384 g/mol. The molecule has 1 atom stereocenters. The highest BCUT2D eigenvalue weighted by atomic mass is 16.5. The molecule has 7 heteroatoms. The topological polar surface area (TPSA) is 88.8 Å². The minimum Gasteiger partial charge on any atom is -0.465 e. The van der Waals surface area contributed by atoms with Gasteiger partial charge in [0.25, 0.3) is 5.91 Å². The maximum atomic E-state index is 13.2. The molecule has 0 spiro atoms. The number of esters is 1. The van der Waals surface area contributed by atoms with Gasteiger partial charge in [0.15, 0.2) is 6.10 Å². The molecular weight excluding hydrogens is 360 g/mol. The van der Waals surface area contributed by atoms with Crippen LogP contribution in [-0.4, -0.2) is 29.4 Å². The van der Waals surface area contributed by atoms with Crippen LogP contribution in [0.4, 0.5) is 11.4 Å². The lowest BCUT2D eigenvalue weighted by molar-refractivity contribution is -0.131. The lowest BCUT2D eigenvalue weighted by Gasteiger charge is -2.42. The first-order chi connectivity index (χ1) is 13.1. The largest absolute Gasteiger partial charge is 0.465 e. The first-order valence-electron chi connectivity index (χ1n) is 9.07. The van der Waals surface area contributed by atoms with Crippen LogP contribution in [0.25, 0.3) is 0 Å². The zero-order chi connectivity index (χ0) is 20.8. The molecule has 2 aromatic rings. The monoisotopic (exact) mass is 384 g/mol.